The Morgan fingerprint density at radius 1 is 1.80 bits per heavy atom. The summed E-state index contributed by atoms with van der Waals surface area (Å²) in [7, 11) is 0. The molecule has 0 saturated carbocycles. The Hall–Kier alpha value is -1.80. The van der Waals surface area contributed by atoms with Crippen molar-refractivity contribution < 1.29 is 14.3 Å². The van der Waals surface area contributed by atoms with Crippen LogP contribution in [0.5, 0.6) is 0 Å². The fourth-order valence-corrected chi connectivity index (χ4v) is 1.04. The molecule has 0 fully saturated rings. The molecule has 2 N–H and O–H groups in total. The number of nitrogens with one attached hydrogen (secondary N) is 1. The van der Waals surface area contributed by atoms with Gasteiger partial charge in [0.2, 0.25) is 0 Å². The molecule has 0 bridgehead atoms. The maximum Gasteiger partial charge on any atom is 0.338 e. The van der Waals surface area contributed by atoms with Crippen molar-refractivity contribution in [1.29, 1.82) is 5.26 Å². The van der Waals surface area contributed by atoms with Gasteiger partial charge in [0.1, 0.15) is 12.0 Å². The van der Waals surface area contributed by atoms with Gasteiger partial charge in [-0.2, -0.15) is 5.26 Å². The second-order valence-corrected chi connectivity index (χ2v) is 3.27. The van der Waals surface area contributed by atoms with Crippen molar-refractivity contribution in [3.8, 4) is 6.07 Å². The van der Waals surface area contributed by atoms with E-state index in [1.165, 1.54) is 12.3 Å². The first-order valence-corrected chi connectivity index (χ1v) is 4.54. The van der Waals surface area contributed by atoms with Crippen LogP contribution < -0.4 is 5.32 Å². The van der Waals surface area contributed by atoms with Crippen molar-refractivity contribution in [1.82, 2.24) is 5.32 Å². The highest BCUT2D eigenvalue weighted by atomic mass is 16.4. The summed E-state index contributed by atoms with van der Waals surface area (Å²) in [4.78, 5) is 10.5. The number of carboxylic acid groups (broad SMARTS) is 1. The van der Waals surface area contributed by atoms with Crippen molar-refractivity contribution in [3.05, 3.63) is 23.7 Å². The number of hydrogen-bond acceptors (Lipinski definition) is 4. The molecule has 5 heteroatoms. The SMILES string of the molecule is CC(C#N)CNCc1cc(C(=O)O)co1. The largest absolute Gasteiger partial charge is 0.478 e. The molecule has 0 saturated heterocycles. The van der Waals surface area contributed by atoms with Crippen molar-refractivity contribution in [2.75, 3.05) is 6.54 Å². The van der Waals surface area contributed by atoms with Gasteiger partial charge in [0.15, 0.2) is 0 Å². The fraction of sp³-hybridized carbons (Fsp3) is 0.400. The number of carboxylic acids is 1. The summed E-state index contributed by atoms with van der Waals surface area (Å²) < 4.78 is 5.02. The highest BCUT2D eigenvalue weighted by molar-refractivity contribution is 5.87. The molecule has 1 aromatic rings. The molecule has 1 unspecified atom stereocenters. The van der Waals surface area contributed by atoms with Crippen molar-refractivity contribution in [2.24, 2.45) is 5.92 Å². The Kier molecular flexibility index (Phi) is 3.89. The average molecular weight is 208 g/mol. The Labute approximate surface area is 87.3 Å². The first kappa shape index (κ1) is 11.3. The van der Waals surface area contributed by atoms with Crippen LogP contribution in [0.4, 0.5) is 0 Å². The average Bonchev–Trinajstić information content (AvgIpc) is 2.66. The van der Waals surface area contributed by atoms with Crippen LogP contribution in [0.2, 0.25) is 0 Å². The Balaban J connectivity index is 2.39. The predicted octanol–water partition coefficient (Wildman–Crippen LogP) is 1.23. The van der Waals surface area contributed by atoms with E-state index >= 15 is 0 Å². The van der Waals surface area contributed by atoms with E-state index in [9.17, 15) is 4.79 Å². The minimum absolute atomic E-state index is 0.0705. The zero-order valence-corrected chi connectivity index (χ0v) is 8.36. The van der Waals surface area contributed by atoms with Gasteiger partial charge in [-0.25, -0.2) is 4.79 Å². The molecule has 1 heterocycles. The van der Waals surface area contributed by atoms with Gasteiger partial charge in [0.25, 0.3) is 0 Å². The molecule has 1 atom stereocenters. The molecule has 80 valence electrons. The summed E-state index contributed by atoms with van der Waals surface area (Å²) in [5, 5.41) is 20.1. The monoisotopic (exact) mass is 208 g/mol. The lowest BCUT2D eigenvalue weighted by molar-refractivity contribution is 0.0696. The summed E-state index contributed by atoms with van der Waals surface area (Å²) in [6.45, 7) is 2.79. The Morgan fingerprint density at radius 3 is 3.07 bits per heavy atom. The number of aromatic carboxylic acids is 1. The van der Waals surface area contributed by atoms with E-state index in [0.29, 0.717) is 18.8 Å². The van der Waals surface area contributed by atoms with Gasteiger partial charge in [0, 0.05) is 6.54 Å². The molecule has 0 aromatic carbocycles. The van der Waals surface area contributed by atoms with Crippen LogP contribution >= 0.6 is 0 Å². The van der Waals surface area contributed by atoms with E-state index in [1.807, 2.05) is 0 Å². The molecular weight excluding hydrogens is 196 g/mol. The standard InChI is InChI=1S/C10H12N2O3/c1-7(3-11)4-12-5-9-2-8(6-15-9)10(13)14/h2,6-7,12H,4-5H2,1H3,(H,13,14). The fourth-order valence-electron chi connectivity index (χ4n) is 1.04. The van der Waals surface area contributed by atoms with Crippen molar-refractivity contribution in [2.45, 2.75) is 13.5 Å². The van der Waals surface area contributed by atoms with Crippen LogP contribution in [0, 0.1) is 17.2 Å². The second kappa shape index (κ2) is 5.17. The van der Waals surface area contributed by atoms with E-state index in [2.05, 4.69) is 11.4 Å². The third kappa shape index (κ3) is 3.44. The quantitative estimate of drug-likeness (QED) is 0.759. The van der Waals surface area contributed by atoms with Crippen LogP contribution in [0.25, 0.3) is 0 Å². The minimum atomic E-state index is -1.00. The molecule has 1 rings (SSSR count). The maximum atomic E-state index is 10.5. The third-order valence-electron chi connectivity index (χ3n) is 1.87. The predicted molar refractivity (Wildman–Crippen MR) is 52.2 cm³/mol. The summed E-state index contributed by atoms with van der Waals surface area (Å²) in [6.07, 6.45) is 1.20. The van der Waals surface area contributed by atoms with Crippen molar-refractivity contribution >= 4 is 5.97 Å². The highest BCUT2D eigenvalue weighted by Crippen LogP contribution is 2.07. The normalized spacial score (nSPS) is 12.0. The Bertz CT molecular complexity index is 378. The number of rotatable bonds is 5. The number of furan rings is 1. The molecule has 0 aliphatic heterocycles. The number of carbonyl (C=O) groups is 1. The molecule has 0 amide bonds. The first-order valence-electron chi connectivity index (χ1n) is 4.54. The summed E-state index contributed by atoms with van der Waals surface area (Å²) in [6, 6.07) is 3.55. The van der Waals surface area contributed by atoms with Gasteiger partial charge >= 0.3 is 5.97 Å². The van der Waals surface area contributed by atoms with Crippen LogP contribution in [0.15, 0.2) is 16.7 Å². The lowest BCUT2D eigenvalue weighted by atomic mass is 10.2. The van der Waals surface area contributed by atoms with Gasteiger partial charge in [-0.1, -0.05) is 0 Å². The first-order chi connectivity index (χ1) is 7.13. The van der Waals surface area contributed by atoms with Crippen molar-refractivity contribution in [3.63, 3.8) is 0 Å². The highest BCUT2D eigenvalue weighted by Gasteiger charge is 2.07. The lowest BCUT2D eigenvalue weighted by Crippen LogP contribution is -2.19. The van der Waals surface area contributed by atoms with Crippen LogP contribution in [0.3, 0.4) is 0 Å². The molecule has 0 aliphatic carbocycles. The summed E-state index contributed by atoms with van der Waals surface area (Å²) in [5.74, 6) is -0.521. The minimum Gasteiger partial charge on any atom is -0.478 e. The van der Waals surface area contributed by atoms with Gasteiger partial charge in [0.05, 0.1) is 24.1 Å². The smallest absolute Gasteiger partial charge is 0.338 e. The van der Waals surface area contributed by atoms with E-state index in [4.69, 9.17) is 14.8 Å². The lowest BCUT2D eigenvalue weighted by Gasteiger charge is -2.02. The summed E-state index contributed by atoms with van der Waals surface area (Å²) in [5.41, 5.74) is 0.139. The van der Waals surface area contributed by atoms with Gasteiger partial charge in [-0.3, -0.25) is 0 Å². The van der Waals surface area contributed by atoms with E-state index < -0.39 is 5.97 Å². The Morgan fingerprint density at radius 2 is 2.53 bits per heavy atom. The van der Waals surface area contributed by atoms with Crippen LogP contribution in [-0.4, -0.2) is 17.6 Å². The van der Waals surface area contributed by atoms with Gasteiger partial charge in [-0.15, -0.1) is 0 Å². The third-order valence-corrected chi connectivity index (χ3v) is 1.87. The molecule has 15 heavy (non-hydrogen) atoms. The zero-order valence-electron chi connectivity index (χ0n) is 8.36. The van der Waals surface area contributed by atoms with E-state index in [-0.39, 0.29) is 11.5 Å². The van der Waals surface area contributed by atoms with Gasteiger partial charge in [-0.05, 0) is 13.0 Å². The zero-order chi connectivity index (χ0) is 11.3. The van der Waals surface area contributed by atoms with E-state index in [0.717, 1.165) is 0 Å². The molecule has 0 aliphatic rings. The van der Waals surface area contributed by atoms with Gasteiger partial charge < -0.3 is 14.8 Å². The molecule has 0 radical (unpaired) electrons. The maximum absolute atomic E-state index is 10.5. The summed E-state index contributed by atoms with van der Waals surface area (Å²) >= 11 is 0. The van der Waals surface area contributed by atoms with Crippen LogP contribution in [-0.2, 0) is 6.54 Å². The molecule has 0 spiro atoms. The number of nitriles is 1. The van der Waals surface area contributed by atoms with E-state index in [1.54, 1.807) is 6.92 Å². The topological polar surface area (TPSA) is 86.3 Å². The van der Waals surface area contributed by atoms with Crippen LogP contribution in [0.1, 0.15) is 23.0 Å². The second-order valence-electron chi connectivity index (χ2n) is 3.27. The molecule has 5 nitrogen and oxygen atoms in total. The molecular formula is C10H12N2O3. The number of hydrogen-bond donors (Lipinski definition) is 2. The number of nitrogens with zero attached hydrogens (tertiary/aromatic N) is 1. The molecule has 1 aromatic heterocycles.